The summed E-state index contributed by atoms with van der Waals surface area (Å²) in [5.41, 5.74) is 3.09. The van der Waals surface area contributed by atoms with Crippen LogP contribution < -0.4 is 15.3 Å². The van der Waals surface area contributed by atoms with Gasteiger partial charge in [-0.25, -0.2) is 4.79 Å². The van der Waals surface area contributed by atoms with Gasteiger partial charge in [0.15, 0.2) is 6.10 Å². The van der Waals surface area contributed by atoms with Crippen LogP contribution in [0.25, 0.3) is 11.0 Å². The maximum Gasteiger partial charge on any atom is 0.339 e. The molecule has 1 aliphatic rings. The first-order chi connectivity index (χ1) is 15.4. The third-order valence-corrected chi connectivity index (χ3v) is 5.88. The number of anilines is 1. The summed E-state index contributed by atoms with van der Waals surface area (Å²) in [5, 5.41) is 0.782. The fourth-order valence-electron chi connectivity index (χ4n) is 4.11. The zero-order chi connectivity index (χ0) is 22.8. The Balaban J connectivity index is 1.41. The van der Waals surface area contributed by atoms with Crippen molar-refractivity contribution in [2.45, 2.75) is 39.2 Å². The van der Waals surface area contributed by atoms with Gasteiger partial charge in [-0.15, -0.1) is 0 Å². The molecule has 0 spiro atoms. The fourth-order valence-corrected chi connectivity index (χ4v) is 4.11. The second kappa shape index (κ2) is 8.86. The molecule has 1 aliphatic heterocycles. The number of fused-ring (bicyclic) bond motifs is 2. The van der Waals surface area contributed by atoms with Crippen LogP contribution in [-0.2, 0) is 27.2 Å². The molecule has 0 unspecified atom stereocenters. The fraction of sp³-hybridized carbons (Fsp3) is 0.320. The van der Waals surface area contributed by atoms with Crippen LogP contribution in [0.1, 0.15) is 30.0 Å². The molecule has 1 atom stereocenters. The van der Waals surface area contributed by atoms with Gasteiger partial charge in [0.25, 0.3) is 5.91 Å². The molecule has 0 bridgehead atoms. The second-order valence-corrected chi connectivity index (χ2v) is 7.86. The molecule has 0 N–H and O–H groups in total. The maximum absolute atomic E-state index is 12.8. The van der Waals surface area contributed by atoms with E-state index in [1.54, 1.807) is 31.1 Å². The summed E-state index contributed by atoms with van der Waals surface area (Å²) in [5.74, 6) is -0.193. The van der Waals surface area contributed by atoms with Crippen LogP contribution in [0.5, 0.6) is 5.75 Å². The molecule has 1 aromatic heterocycles. The highest BCUT2D eigenvalue weighted by atomic mass is 16.5. The molecular formula is C25H25NO6. The predicted molar refractivity (Wildman–Crippen MR) is 120 cm³/mol. The first-order valence-electron chi connectivity index (χ1n) is 10.6. The Bertz CT molecular complexity index is 1240. The van der Waals surface area contributed by atoms with Crippen LogP contribution in [0.3, 0.4) is 0 Å². The maximum atomic E-state index is 12.8. The van der Waals surface area contributed by atoms with Crippen LogP contribution in [0.2, 0.25) is 0 Å². The number of hydrogen-bond donors (Lipinski definition) is 0. The molecule has 3 aromatic rings. The van der Waals surface area contributed by atoms with E-state index in [0.29, 0.717) is 23.4 Å². The van der Waals surface area contributed by atoms with Crippen LogP contribution in [0.4, 0.5) is 5.69 Å². The predicted octanol–water partition coefficient (Wildman–Crippen LogP) is 3.56. The number of para-hydroxylation sites is 1. The van der Waals surface area contributed by atoms with E-state index in [4.69, 9.17) is 13.9 Å². The molecule has 0 saturated carbocycles. The van der Waals surface area contributed by atoms with E-state index < -0.39 is 17.7 Å². The van der Waals surface area contributed by atoms with Gasteiger partial charge in [-0.1, -0.05) is 18.2 Å². The minimum atomic E-state index is -0.907. The Morgan fingerprint density at radius 3 is 2.75 bits per heavy atom. The van der Waals surface area contributed by atoms with E-state index in [-0.39, 0.29) is 18.7 Å². The number of hydrogen-bond acceptors (Lipinski definition) is 6. The Hall–Kier alpha value is -3.61. The van der Waals surface area contributed by atoms with Crippen LogP contribution >= 0.6 is 0 Å². The summed E-state index contributed by atoms with van der Waals surface area (Å²) < 4.78 is 16.0. The van der Waals surface area contributed by atoms with Gasteiger partial charge in [-0.2, -0.15) is 0 Å². The highest BCUT2D eigenvalue weighted by Gasteiger charge is 2.29. The zero-order valence-electron chi connectivity index (χ0n) is 18.3. The Morgan fingerprint density at radius 1 is 1.19 bits per heavy atom. The number of nitrogens with zero attached hydrogens (tertiary/aromatic N) is 1. The second-order valence-electron chi connectivity index (χ2n) is 7.86. The number of carbonyl (C=O) groups excluding carboxylic acids is 2. The molecule has 1 amide bonds. The average molecular weight is 435 g/mol. The van der Waals surface area contributed by atoms with Crippen molar-refractivity contribution in [3.05, 3.63) is 69.6 Å². The SMILES string of the molecule is COc1ccc2c(C)c(CCC(=O)O[C@@H](C)C(=O)N3CCc4ccccc43)c(=O)oc2c1. The quantitative estimate of drug-likeness (QED) is 0.435. The van der Waals surface area contributed by atoms with Crippen molar-refractivity contribution in [2.75, 3.05) is 18.6 Å². The number of amides is 1. The van der Waals surface area contributed by atoms with Crippen LogP contribution in [-0.4, -0.2) is 31.6 Å². The van der Waals surface area contributed by atoms with Crippen molar-refractivity contribution < 1.29 is 23.5 Å². The van der Waals surface area contributed by atoms with E-state index in [1.165, 1.54) is 0 Å². The van der Waals surface area contributed by atoms with E-state index in [0.717, 1.165) is 28.6 Å². The molecular weight excluding hydrogens is 410 g/mol. The lowest BCUT2D eigenvalue weighted by Crippen LogP contribution is -2.39. The minimum absolute atomic E-state index is 0.0263. The molecule has 4 rings (SSSR count). The van der Waals surface area contributed by atoms with Crippen molar-refractivity contribution >= 4 is 28.5 Å². The van der Waals surface area contributed by atoms with E-state index >= 15 is 0 Å². The minimum Gasteiger partial charge on any atom is -0.497 e. The van der Waals surface area contributed by atoms with Gasteiger partial charge >= 0.3 is 11.6 Å². The van der Waals surface area contributed by atoms with E-state index in [9.17, 15) is 14.4 Å². The van der Waals surface area contributed by atoms with Gasteiger partial charge in [0, 0.05) is 35.7 Å². The van der Waals surface area contributed by atoms with Gasteiger partial charge < -0.3 is 18.8 Å². The molecule has 0 fully saturated rings. The number of aryl methyl sites for hydroxylation is 1. The summed E-state index contributed by atoms with van der Waals surface area (Å²) in [6, 6.07) is 13.0. The molecule has 2 aromatic carbocycles. The van der Waals surface area contributed by atoms with Gasteiger partial charge in [0.05, 0.1) is 7.11 Å². The third-order valence-electron chi connectivity index (χ3n) is 5.88. The van der Waals surface area contributed by atoms with Gasteiger partial charge in [-0.3, -0.25) is 9.59 Å². The first-order valence-corrected chi connectivity index (χ1v) is 10.6. The van der Waals surface area contributed by atoms with Crippen molar-refractivity contribution in [2.24, 2.45) is 0 Å². The number of benzene rings is 2. The van der Waals surface area contributed by atoms with Crippen LogP contribution in [0, 0.1) is 6.92 Å². The number of esters is 1. The summed E-state index contributed by atoms with van der Waals surface area (Å²) in [6.45, 7) is 3.97. The van der Waals surface area contributed by atoms with Gasteiger partial charge in [-0.05, 0) is 56.0 Å². The summed E-state index contributed by atoms with van der Waals surface area (Å²) in [4.78, 5) is 39.3. The normalized spacial score (nSPS) is 13.7. The average Bonchev–Trinajstić information content (AvgIpc) is 3.22. The lowest BCUT2D eigenvalue weighted by atomic mass is 10.0. The van der Waals surface area contributed by atoms with Crippen LogP contribution in [0.15, 0.2) is 51.7 Å². The Morgan fingerprint density at radius 2 is 1.97 bits per heavy atom. The smallest absolute Gasteiger partial charge is 0.339 e. The van der Waals surface area contributed by atoms with Crippen molar-refractivity contribution in [3.8, 4) is 5.75 Å². The molecule has 7 nitrogen and oxygen atoms in total. The number of methoxy groups -OCH3 is 1. The third kappa shape index (κ3) is 4.10. The molecule has 32 heavy (non-hydrogen) atoms. The zero-order valence-corrected chi connectivity index (χ0v) is 18.3. The molecule has 7 heteroatoms. The molecule has 2 heterocycles. The summed E-state index contributed by atoms with van der Waals surface area (Å²) >= 11 is 0. The molecule has 0 aliphatic carbocycles. The monoisotopic (exact) mass is 435 g/mol. The molecule has 0 radical (unpaired) electrons. The first kappa shape index (κ1) is 21.6. The van der Waals surface area contributed by atoms with Gasteiger partial charge in [0.2, 0.25) is 0 Å². The van der Waals surface area contributed by atoms with E-state index in [1.807, 2.05) is 37.3 Å². The highest BCUT2D eigenvalue weighted by Crippen LogP contribution is 2.28. The molecule has 166 valence electrons. The molecule has 0 saturated heterocycles. The standard InChI is InChI=1S/C25H25NO6/c1-15-19-9-8-18(30-3)14-22(19)32-25(29)20(15)10-11-23(27)31-16(2)24(28)26-13-12-17-6-4-5-7-21(17)26/h4-9,14,16H,10-13H2,1-3H3/t16-/m0/s1. The lowest BCUT2D eigenvalue weighted by molar-refractivity contribution is -0.153. The Kier molecular flexibility index (Phi) is 5.99. The summed E-state index contributed by atoms with van der Waals surface area (Å²) in [7, 11) is 1.54. The summed E-state index contributed by atoms with van der Waals surface area (Å²) in [6.07, 6.45) is 0.0188. The van der Waals surface area contributed by atoms with Crippen molar-refractivity contribution in [3.63, 3.8) is 0 Å². The highest BCUT2D eigenvalue weighted by molar-refractivity contribution is 5.99. The Labute approximate surface area is 185 Å². The topological polar surface area (TPSA) is 86.0 Å². The van der Waals surface area contributed by atoms with Crippen molar-refractivity contribution in [1.82, 2.24) is 0 Å². The van der Waals surface area contributed by atoms with Crippen molar-refractivity contribution in [1.29, 1.82) is 0 Å². The lowest BCUT2D eigenvalue weighted by Gasteiger charge is -2.21. The van der Waals surface area contributed by atoms with Gasteiger partial charge in [0.1, 0.15) is 11.3 Å². The number of rotatable bonds is 6. The number of carbonyl (C=O) groups is 2. The van der Waals surface area contributed by atoms with E-state index in [2.05, 4.69) is 0 Å². The number of ether oxygens (including phenoxy) is 2. The largest absolute Gasteiger partial charge is 0.497 e.